The Morgan fingerprint density at radius 1 is 1.43 bits per heavy atom. The Hall–Kier alpha value is -2.14. The second kappa shape index (κ2) is 6.54. The van der Waals surface area contributed by atoms with Crippen molar-refractivity contribution in [1.82, 2.24) is 10.3 Å². The van der Waals surface area contributed by atoms with Gasteiger partial charge in [-0.15, -0.1) is 0 Å². The number of halogens is 2. The van der Waals surface area contributed by atoms with E-state index in [2.05, 4.69) is 10.3 Å². The minimum absolute atomic E-state index is 0.0758. The number of nitrogens with zero attached hydrogens (tertiary/aromatic N) is 2. The fourth-order valence-corrected chi connectivity index (χ4v) is 2.71. The van der Waals surface area contributed by atoms with Gasteiger partial charge in [-0.25, -0.2) is 9.37 Å². The molecule has 1 fully saturated rings. The molecule has 0 spiro atoms. The molecule has 23 heavy (non-hydrogen) atoms. The number of carbonyl (C=O) groups is 1. The Labute approximate surface area is 139 Å². The lowest BCUT2D eigenvalue weighted by Gasteiger charge is -2.17. The van der Waals surface area contributed by atoms with E-state index >= 15 is 0 Å². The average molecular weight is 334 g/mol. The second-order valence-corrected chi connectivity index (χ2v) is 6.20. The highest BCUT2D eigenvalue weighted by Gasteiger charge is 2.39. The molecule has 1 aromatic carbocycles. The Bertz CT molecular complexity index is 707. The smallest absolute Gasteiger partial charge is 0.239 e. The SMILES string of the molecule is CN(CC(=O)N[C@H]1C[C@@H]1c1cccc(F)c1)c1ccc(Cl)cn1. The fourth-order valence-electron chi connectivity index (χ4n) is 2.60. The Kier molecular flexibility index (Phi) is 4.48. The highest BCUT2D eigenvalue weighted by molar-refractivity contribution is 6.30. The molecule has 1 amide bonds. The molecular weight excluding hydrogens is 317 g/mol. The summed E-state index contributed by atoms with van der Waals surface area (Å²) < 4.78 is 13.2. The van der Waals surface area contributed by atoms with Crippen molar-refractivity contribution in [2.45, 2.75) is 18.4 Å². The topological polar surface area (TPSA) is 45.2 Å². The molecule has 0 unspecified atom stereocenters. The fraction of sp³-hybridized carbons (Fsp3) is 0.294. The van der Waals surface area contributed by atoms with Crippen molar-refractivity contribution in [2.75, 3.05) is 18.5 Å². The number of aromatic nitrogens is 1. The van der Waals surface area contributed by atoms with Crippen LogP contribution in [-0.2, 0) is 4.79 Å². The van der Waals surface area contributed by atoms with E-state index < -0.39 is 0 Å². The molecule has 2 aromatic rings. The van der Waals surface area contributed by atoms with E-state index in [4.69, 9.17) is 11.6 Å². The Balaban J connectivity index is 1.51. The third-order valence-electron chi connectivity index (χ3n) is 3.90. The molecule has 0 radical (unpaired) electrons. The Morgan fingerprint density at radius 2 is 2.26 bits per heavy atom. The molecule has 1 aliphatic rings. The van der Waals surface area contributed by atoms with E-state index in [1.807, 2.05) is 6.07 Å². The number of likely N-dealkylation sites (N-methyl/N-ethyl adjacent to an activating group) is 1. The van der Waals surface area contributed by atoms with Crippen LogP contribution in [0.5, 0.6) is 0 Å². The normalized spacial score (nSPS) is 19.3. The molecular formula is C17H17ClFN3O. The van der Waals surface area contributed by atoms with Crippen molar-refractivity contribution in [3.8, 4) is 0 Å². The number of pyridine rings is 1. The van der Waals surface area contributed by atoms with Gasteiger partial charge in [0.1, 0.15) is 11.6 Å². The zero-order chi connectivity index (χ0) is 16.4. The molecule has 1 saturated carbocycles. The van der Waals surface area contributed by atoms with Crippen LogP contribution in [0, 0.1) is 5.82 Å². The highest BCUT2D eigenvalue weighted by Crippen LogP contribution is 2.40. The lowest BCUT2D eigenvalue weighted by atomic mass is 10.1. The van der Waals surface area contributed by atoms with Gasteiger partial charge in [-0.2, -0.15) is 0 Å². The zero-order valence-corrected chi connectivity index (χ0v) is 13.4. The second-order valence-electron chi connectivity index (χ2n) is 5.76. The van der Waals surface area contributed by atoms with E-state index in [0.29, 0.717) is 10.8 Å². The van der Waals surface area contributed by atoms with Gasteiger partial charge >= 0.3 is 0 Å². The zero-order valence-electron chi connectivity index (χ0n) is 12.7. The first-order valence-corrected chi connectivity index (χ1v) is 7.78. The van der Waals surface area contributed by atoms with Gasteiger partial charge in [0.2, 0.25) is 5.91 Å². The maximum Gasteiger partial charge on any atom is 0.239 e. The minimum Gasteiger partial charge on any atom is -0.351 e. The standard InChI is InChI=1S/C17H17ClFN3O/c1-22(16-6-5-12(18)9-20-16)10-17(23)21-15-8-14(15)11-3-2-4-13(19)7-11/h2-7,9,14-15H,8,10H2,1H3,(H,21,23)/t14-,15+/m1/s1. The molecule has 0 bridgehead atoms. The summed E-state index contributed by atoms with van der Waals surface area (Å²) in [5.41, 5.74) is 0.933. The van der Waals surface area contributed by atoms with Crippen molar-refractivity contribution in [3.05, 3.63) is 59.0 Å². The predicted octanol–water partition coefficient (Wildman–Crippen LogP) is 2.98. The first-order valence-electron chi connectivity index (χ1n) is 7.40. The molecule has 2 atom stereocenters. The van der Waals surface area contributed by atoms with Crippen molar-refractivity contribution < 1.29 is 9.18 Å². The summed E-state index contributed by atoms with van der Waals surface area (Å²) in [6, 6.07) is 10.1. The van der Waals surface area contributed by atoms with Crippen LogP contribution in [0.4, 0.5) is 10.2 Å². The summed E-state index contributed by atoms with van der Waals surface area (Å²) in [6.45, 7) is 0.209. The summed E-state index contributed by atoms with van der Waals surface area (Å²) in [5, 5.41) is 3.53. The quantitative estimate of drug-likeness (QED) is 0.915. The molecule has 1 aliphatic carbocycles. The number of nitrogens with one attached hydrogen (secondary N) is 1. The average Bonchev–Trinajstić information content (AvgIpc) is 3.26. The highest BCUT2D eigenvalue weighted by atomic mass is 35.5. The van der Waals surface area contributed by atoms with Gasteiger partial charge in [-0.3, -0.25) is 4.79 Å². The van der Waals surface area contributed by atoms with Gasteiger partial charge in [0, 0.05) is 25.2 Å². The van der Waals surface area contributed by atoms with Crippen LogP contribution in [0.3, 0.4) is 0 Å². The number of carbonyl (C=O) groups excluding carboxylic acids is 1. The van der Waals surface area contributed by atoms with Crippen LogP contribution in [0.15, 0.2) is 42.6 Å². The molecule has 0 aliphatic heterocycles. The Morgan fingerprint density at radius 3 is 2.96 bits per heavy atom. The molecule has 0 saturated heterocycles. The molecule has 3 rings (SSSR count). The minimum atomic E-state index is -0.243. The van der Waals surface area contributed by atoms with Crippen LogP contribution in [-0.4, -0.2) is 30.5 Å². The lowest BCUT2D eigenvalue weighted by molar-refractivity contribution is -0.119. The van der Waals surface area contributed by atoms with E-state index in [0.717, 1.165) is 12.0 Å². The van der Waals surface area contributed by atoms with E-state index in [1.54, 1.807) is 36.3 Å². The van der Waals surface area contributed by atoms with Gasteiger partial charge in [-0.1, -0.05) is 23.7 Å². The van der Waals surface area contributed by atoms with Gasteiger partial charge in [0.15, 0.2) is 0 Å². The summed E-state index contributed by atoms with van der Waals surface area (Å²) in [5.74, 6) is 0.566. The number of hydrogen-bond donors (Lipinski definition) is 1. The molecule has 6 heteroatoms. The summed E-state index contributed by atoms with van der Waals surface area (Å²) in [7, 11) is 1.80. The molecule has 1 heterocycles. The van der Waals surface area contributed by atoms with Crippen LogP contribution in [0.2, 0.25) is 5.02 Å². The van der Waals surface area contributed by atoms with Crippen LogP contribution >= 0.6 is 11.6 Å². The van der Waals surface area contributed by atoms with Gasteiger partial charge in [0.05, 0.1) is 11.6 Å². The van der Waals surface area contributed by atoms with E-state index in [1.165, 1.54) is 12.1 Å². The maximum atomic E-state index is 13.2. The largest absolute Gasteiger partial charge is 0.351 e. The monoisotopic (exact) mass is 333 g/mol. The van der Waals surface area contributed by atoms with Crippen molar-refractivity contribution >= 4 is 23.3 Å². The van der Waals surface area contributed by atoms with Crippen molar-refractivity contribution in [2.24, 2.45) is 0 Å². The molecule has 4 nitrogen and oxygen atoms in total. The maximum absolute atomic E-state index is 13.2. The summed E-state index contributed by atoms with van der Waals surface area (Å²) in [6.07, 6.45) is 2.39. The number of benzene rings is 1. The molecule has 1 N–H and O–H groups in total. The van der Waals surface area contributed by atoms with Crippen molar-refractivity contribution in [1.29, 1.82) is 0 Å². The first kappa shape index (κ1) is 15.7. The molecule has 120 valence electrons. The van der Waals surface area contributed by atoms with Gasteiger partial charge in [-0.05, 0) is 36.2 Å². The van der Waals surface area contributed by atoms with Crippen LogP contribution < -0.4 is 10.2 Å². The summed E-state index contributed by atoms with van der Waals surface area (Å²) >= 11 is 5.80. The van der Waals surface area contributed by atoms with E-state index in [9.17, 15) is 9.18 Å². The van der Waals surface area contributed by atoms with Crippen molar-refractivity contribution in [3.63, 3.8) is 0 Å². The third kappa shape index (κ3) is 3.99. The number of rotatable bonds is 5. The molecule has 1 aromatic heterocycles. The third-order valence-corrected chi connectivity index (χ3v) is 4.12. The number of hydrogen-bond acceptors (Lipinski definition) is 3. The predicted molar refractivity (Wildman–Crippen MR) is 88.2 cm³/mol. The van der Waals surface area contributed by atoms with Gasteiger partial charge in [0.25, 0.3) is 0 Å². The van der Waals surface area contributed by atoms with E-state index in [-0.39, 0.29) is 30.2 Å². The number of amides is 1. The van der Waals surface area contributed by atoms with Gasteiger partial charge < -0.3 is 10.2 Å². The first-order chi connectivity index (χ1) is 11.0. The number of anilines is 1. The summed E-state index contributed by atoms with van der Waals surface area (Å²) in [4.78, 5) is 18.0. The lowest BCUT2D eigenvalue weighted by Crippen LogP contribution is -2.37. The van der Waals surface area contributed by atoms with Crippen LogP contribution in [0.1, 0.15) is 17.9 Å². The van der Waals surface area contributed by atoms with Crippen LogP contribution in [0.25, 0.3) is 0 Å².